The molecule has 0 radical (unpaired) electrons. The molecule has 0 aromatic carbocycles. The number of allylic oxidation sites excluding steroid dienone is 2. The van der Waals surface area contributed by atoms with E-state index in [0.29, 0.717) is 12.8 Å². The molecule has 0 aromatic rings. The van der Waals surface area contributed by atoms with Crippen molar-refractivity contribution in [1.82, 2.24) is 0 Å². The van der Waals surface area contributed by atoms with Gasteiger partial charge < -0.3 is 59.8 Å². The molecule has 4 aliphatic carbocycles. The number of hydrogen-bond donors (Lipinski definition) is 8. The summed E-state index contributed by atoms with van der Waals surface area (Å²) in [5, 5.41) is 85.5. The number of hydrogen-bond acceptors (Lipinski definition) is 12. The lowest BCUT2D eigenvalue weighted by Gasteiger charge is -2.67. The van der Waals surface area contributed by atoms with E-state index in [4.69, 9.17) is 18.9 Å². The third-order valence-corrected chi connectivity index (χ3v) is 15.5. The third-order valence-electron chi connectivity index (χ3n) is 15.5. The molecule has 2 aliphatic heterocycles. The number of aliphatic hydroxyl groups is 8. The summed E-state index contributed by atoms with van der Waals surface area (Å²) >= 11 is 0. The van der Waals surface area contributed by atoms with Crippen LogP contribution in [0.3, 0.4) is 0 Å². The topological polar surface area (TPSA) is 199 Å². The van der Waals surface area contributed by atoms with Crippen LogP contribution in [0.4, 0.5) is 0 Å². The average molecular weight is 753 g/mol. The van der Waals surface area contributed by atoms with Gasteiger partial charge in [0.15, 0.2) is 12.6 Å². The minimum absolute atomic E-state index is 0.0314. The van der Waals surface area contributed by atoms with Crippen molar-refractivity contribution in [3.8, 4) is 0 Å². The van der Waals surface area contributed by atoms with Crippen LogP contribution in [0.1, 0.15) is 100 Å². The SMILES string of the molecule is CC(C)=CCC[C@@H](C)[C@H]1[C@@H](O[C@@H]2O[C@H](CO)[C@@H](O)[C@@H](O)[C@H]2O)C[C@@]2(C)C3[C@H](O)C=C4[C@H](CCC(O[C@@H]5OC[C@@H](O)[C@H](O)[C@H]5O)C4(C)C)[C@]3(C)CC[C@]12C. The molecule has 12 nitrogen and oxygen atoms in total. The summed E-state index contributed by atoms with van der Waals surface area (Å²) in [7, 11) is 0. The van der Waals surface area contributed by atoms with Crippen LogP contribution < -0.4 is 0 Å². The minimum atomic E-state index is -1.53. The van der Waals surface area contributed by atoms with Crippen LogP contribution in [0.2, 0.25) is 0 Å². The second kappa shape index (κ2) is 15.1. The lowest BCUT2D eigenvalue weighted by molar-refractivity contribution is -0.315. The highest BCUT2D eigenvalue weighted by atomic mass is 16.7. The van der Waals surface area contributed by atoms with Crippen molar-refractivity contribution in [2.75, 3.05) is 13.2 Å². The first-order valence-corrected chi connectivity index (χ1v) is 20.0. The molecule has 8 N–H and O–H groups in total. The van der Waals surface area contributed by atoms with Crippen molar-refractivity contribution in [2.24, 2.45) is 45.3 Å². The van der Waals surface area contributed by atoms with E-state index in [1.807, 2.05) is 0 Å². The standard InChI is InChI=1S/C41H68O12/c1-20(2)10-9-11-21(3)29-26(51-37-34(49)32(47)31(46)27(18-42)52-37)17-41(8)35-24(43)16-23-22(39(35,6)14-15-40(29,41)7)12-13-28(38(23,4)5)53-36-33(48)30(45)25(44)19-50-36/h10,16,21-22,24-37,42-49H,9,11-15,17-19H2,1-8H3/t21-,22+,24-,25-,26+,27-,28?,29+,30+,31-,32-,33-,34-,35?,36+,37-,39+,40-,41+/m1/s1. The maximum Gasteiger partial charge on any atom is 0.186 e. The lowest BCUT2D eigenvalue weighted by Crippen LogP contribution is -2.63. The average Bonchev–Trinajstić information content (AvgIpc) is 3.31. The van der Waals surface area contributed by atoms with Gasteiger partial charge in [-0.2, -0.15) is 0 Å². The first-order valence-electron chi connectivity index (χ1n) is 20.0. The first kappa shape index (κ1) is 41.6. The van der Waals surface area contributed by atoms with Gasteiger partial charge in [-0.25, -0.2) is 0 Å². The minimum Gasteiger partial charge on any atom is -0.394 e. The van der Waals surface area contributed by atoms with Crippen LogP contribution in [0.25, 0.3) is 0 Å². The molecule has 0 aromatic heterocycles. The molecule has 0 spiro atoms. The van der Waals surface area contributed by atoms with Crippen molar-refractivity contribution in [1.29, 1.82) is 0 Å². The summed E-state index contributed by atoms with van der Waals surface area (Å²) in [5.74, 6) is 0.290. The summed E-state index contributed by atoms with van der Waals surface area (Å²) in [4.78, 5) is 0. The Kier molecular flexibility index (Phi) is 11.8. The molecule has 12 heteroatoms. The fourth-order valence-corrected chi connectivity index (χ4v) is 12.4. The summed E-state index contributed by atoms with van der Waals surface area (Å²) in [5.41, 5.74) is 0.950. The summed E-state index contributed by atoms with van der Waals surface area (Å²) in [6, 6.07) is 0. The third kappa shape index (κ3) is 6.82. The van der Waals surface area contributed by atoms with E-state index in [-0.39, 0.29) is 53.3 Å². The van der Waals surface area contributed by atoms with Crippen LogP contribution in [-0.2, 0) is 18.9 Å². The quantitative estimate of drug-likeness (QED) is 0.161. The van der Waals surface area contributed by atoms with Gasteiger partial charge in [0, 0.05) is 11.3 Å². The van der Waals surface area contributed by atoms with E-state index < -0.39 is 78.8 Å². The van der Waals surface area contributed by atoms with Crippen LogP contribution >= 0.6 is 0 Å². The molecular formula is C41H68O12. The zero-order valence-corrected chi connectivity index (χ0v) is 33.0. The Bertz CT molecular complexity index is 1360. The molecule has 0 bridgehead atoms. The smallest absolute Gasteiger partial charge is 0.186 e. The Balaban J connectivity index is 1.32. The van der Waals surface area contributed by atoms with Crippen molar-refractivity contribution < 1.29 is 59.8 Å². The molecule has 0 amide bonds. The first-order chi connectivity index (χ1) is 24.7. The molecule has 6 aliphatic rings. The summed E-state index contributed by atoms with van der Waals surface area (Å²) < 4.78 is 24.7. The Morgan fingerprint density at radius 2 is 1.55 bits per heavy atom. The van der Waals surface area contributed by atoms with Gasteiger partial charge in [-0.1, -0.05) is 64.8 Å². The summed E-state index contributed by atoms with van der Waals surface area (Å²) in [6.45, 7) is 17.0. The molecule has 6 rings (SSSR count). The van der Waals surface area contributed by atoms with Gasteiger partial charge in [0.2, 0.25) is 0 Å². The van der Waals surface area contributed by atoms with Crippen LogP contribution in [0.5, 0.6) is 0 Å². The number of rotatable bonds is 9. The zero-order valence-electron chi connectivity index (χ0n) is 33.0. The Hall–Kier alpha value is -1.00. The maximum absolute atomic E-state index is 12.4. The molecular weight excluding hydrogens is 684 g/mol. The predicted octanol–water partition coefficient (Wildman–Crippen LogP) is 2.56. The van der Waals surface area contributed by atoms with Crippen LogP contribution in [0, 0.1) is 45.3 Å². The highest BCUT2D eigenvalue weighted by molar-refractivity contribution is 5.33. The molecule has 2 saturated heterocycles. The second-order valence-corrected chi connectivity index (χ2v) is 19.1. The number of aliphatic hydroxyl groups excluding tert-OH is 8. The van der Waals surface area contributed by atoms with E-state index in [9.17, 15) is 40.9 Å². The molecule has 304 valence electrons. The van der Waals surface area contributed by atoms with Crippen LogP contribution in [-0.4, -0.2) is 128 Å². The molecule has 53 heavy (non-hydrogen) atoms. The molecule has 2 heterocycles. The lowest BCUT2D eigenvalue weighted by atomic mass is 9.38. The van der Waals surface area contributed by atoms with Gasteiger partial charge in [0.1, 0.15) is 42.7 Å². The predicted molar refractivity (Wildman–Crippen MR) is 195 cm³/mol. The molecule has 3 saturated carbocycles. The fraction of sp³-hybridized carbons (Fsp3) is 0.902. The molecule has 19 atom stereocenters. The zero-order chi connectivity index (χ0) is 39.0. The van der Waals surface area contributed by atoms with E-state index in [0.717, 1.165) is 37.7 Å². The van der Waals surface area contributed by atoms with Gasteiger partial charge >= 0.3 is 0 Å². The molecule has 5 fully saturated rings. The Morgan fingerprint density at radius 1 is 0.868 bits per heavy atom. The van der Waals surface area contributed by atoms with Crippen molar-refractivity contribution in [2.45, 2.75) is 174 Å². The van der Waals surface area contributed by atoms with Gasteiger partial charge in [-0.15, -0.1) is 0 Å². The molecule has 2 unspecified atom stereocenters. The van der Waals surface area contributed by atoms with Crippen molar-refractivity contribution in [3.63, 3.8) is 0 Å². The van der Waals surface area contributed by atoms with E-state index >= 15 is 0 Å². The maximum atomic E-state index is 12.4. The largest absolute Gasteiger partial charge is 0.394 e. The van der Waals surface area contributed by atoms with E-state index in [1.54, 1.807) is 0 Å². The van der Waals surface area contributed by atoms with Gasteiger partial charge in [0.05, 0.1) is 31.5 Å². The van der Waals surface area contributed by atoms with Gasteiger partial charge in [-0.05, 0) is 92.8 Å². The number of ether oxygens (including phenoxy) is 4. The van der Waals surface area contributed by atoms with Gasteiger partial charge in [-0.3, -0.25) is 0 Å². The van der Waals surface area contributed by atoms with E-state index in [2.05, 4.69) is 67.5 Å². The van der Waals surface area contributed by atoms with Crippen LogP contribution in [0.15, 0.2) is 23.3 Å². The number of fused-ring (bicyclic) bond motifs is 5. The van der Waals surface area contributed by atoms with E-state index in [1.165, 1.54) is 5.57 Å². The highest BCUT2D eigenvalue weighted by Crippen LogP contribution is 2.75. The van der Waals surface area contributed by atoms with Crippen molar-refractivity contribution >= 4 is 0 Å². The van der Waals surface area contributed by atoms with Crippen molar-refractivity contribution in [3.05, 3.63) is 23.3 Å². The Morgan fingerprint density at radius 3 is 2.21 bits per heavy atom. The Labute approximate surface area is 315 Å². The fourth-order valence-electron chi connectivity index (χ4n) is 12.4. The monoisotopic (exact) mass is 752 g/mol. The normalized spacial score (nSPS) is 51.4. The highest BCUT2D eigenvalue weighted by Gasteiger charge is 2.72. The second-order valence-electron chi connectivity index (χ2n) is 19.1. The summed E-state index contributed by atoms with van der Waals surface area (Å²) in [6.07, 6.45) is -3.26. The van der Waals surface area contributed by atoms with Gasteiger partial charge in [0.25, 0.3) is 0 Å².